The van der Waals surface area contributed by atoms with Crippen molar-refractivity contribution in [2.24, 2.45) is 5.41 Å². The standard InChI is InChI=1S/C15H20Cl2N2O4S/c1-4-19(5-2)24(22,23)10-6-7-12(20)11(8-10)18-13(21)14(3)9-15(14,16)17/h6-8,20H,4-5,9H2,1-3H3,(H,18,21). The Balaban J connectivity index is 2.32. The van der Waals surface area contributed by atoms with Crippen molar-refractivity contribution in [2.45, 2.75) is 36.4 Å². The first-order chi connectivity index (χ1) is 11.0. The number of hydrogen-bond donors (Lipinski definition) is 2. The van der Waals surface area contributed by atoms with Crippen LogP contribution in [-0.4, -0.2) is 41.2 Å². The molecule has 1 aromatic rings. The van der Waals surface area contributed by atoms with Crippen LogP contribution in [0.3, 0.4) is 0 Å². The van der Waals surface area contributed by atoms with Crippen LogP contribution in [0.25, 0.3) is 0 Å². The molecule has 1 unspecified atom stereocenters. The van der Waals surface area contributed by atoms with E-state index in [2.05, 4.69) is 5.32 Å². The normalized spacial score (nSPS) is 22.4. The summed E-state index contributed by atoms with van der Waals surface area (Å²) in [7, 11) is -3.70. The maximum Gasteiger partial charge on any atom is 0.243 e. The zero-order valence-electron chi connectivity index (χ0n) is 13.6. The van der Waals surface area contributed by atoms with Crippen molar-refractivity contribution in [1.29, 1.82) is 0 Å². The fraction of sp³-hybridized carbons (Fsp3) is 0.533. The number of halogens is 2. The molecule has 0 aliphatic heterocycles. The summed E-state index contributed by atoms with van der Waals surface area (Å²) in [6.45, 7) is 5.72. The molecule has 1 aliphatic rings. The van der Waals surface area contributed by atoms with Gasteiger partial charge in [0.2, 0.25) is 15.9 Å². The summed E-state index contributed by atoms with van der Waals surface area (Å²) >= 11 is 11.9. The molecule has 0 heterocycles. The highest BCUT2D eigenvalue weighted by Crippen LogP contribution is 2.64. The van der Waals surface area contributed by atoms with Crippen molar-refractivity contribution in [3.05, 3.63) is 18.2 Å². The molecule has 1 fully saturated rings. The van der Waals surface area contributed by atoms with E-state index in [1.54, 1.807) is 20.8 Å². The van der Waals surface area contributed by atoms with E-state index in [-0.39, 0.29) is 22.8 Å². The predicted octanol–water partition coefficient (Wildman–Crippen LogP) is 2.95. The summed E-state index contributed by atoms with van der Waals surface area (Å²) in [6.07, 6.45) is 0.285. The molecule has 1 saturated carbocycles. The Morgan fingerprint density at radius 1 is 1.33 bits per heavy atom. The van der Waals surface area contributed by atoms with E-state index in [0.717, 1.165) is 0 Å². The van der Waals surface area contributed by atoms with Gasteiger partial charge in [0, 0.05) is 13.1 Å². The molecular weight excluding hydrogens is 375 g/mol. The summed E-state index contributed by atoms with van der Waals surface area (Å²) in [5, 5.41) is 12.4. The molecular formula is C15H20Cl2N2O4S. The summed E-state index contributed by atoms with van der Waals surface area (Å²) in [5.41, 5.74) is -0.971. The third-order valence-corrected chi connectivity index (χ3v) is 7.47. The van der Waals surface area contributed by atoms with E-state index < -0.39 is 25.7 Å². The van der Waals surface area contributed by atoms with Crippen molar-refractivity contribution >= 4 is 44.8 Å². The molecule has 9 heteroatoms. The fourth-order valence-electron chi connectivity index (χ4n) is 2.39. The van der Waals surface area contributed by atoms with Gasteiger partial charge in [-0.15, -0.1) is 23.2 Å². The van der Waals surface area contributed by atoms with Gasteiger partial charge in [-0.1, -0.05) is 13.8 Å². The Morgan fingerprint density at radius 3 is 2.33 bits per heavy atom. The number of alkyl halides is 2. The van der Waals surface area contributed by atoms with Crippen LogP contribution in [0.2, 0.25) is 0 Å². The third kappa shape index (κ3) is 3.22. The molecule has 6 nitrogen and oxygen atoms in total. The minimum absolute atomic E-state index is 0.00508. The molecule has 1 atom stereocenters. The van der Waals surface area contributed by atoms with Gasteiger partial charge in [-0.25, -0.2) is 8.42 Å². The Hall–Kier alpha value is -1.02. The summed E-state index contributed by atoms with van der Waals surface area (Å²) in [4.78, 5) is 12.3. The van der Waals surface area contributed by atoms with Gasteiger partial charge in [0.15, 0.2) is 0 Å². The first-order valence-corrected chi connectivity index (χ1v) is 9.71. The fourth-order valence-corrected chi connectivity index (χ4v) is 4.59. The van der Waals surface area contributed by atoms with E-state index in [1.807, 2.05) is 0 Å². The molecule has 1 aromatic carbocycles. The first-order valence-electron chi connectivity index (χ1n) is 7.52. The Morgan fingerprint density at radius 2 is 1.88 bits per heavy atom. The molecule has 0 saturated heterocycles. The van der Waals surface area contributed by atoms with E-state index >= 15 is 0 Å². The molecule has 0 spiro atoms. The number of hydrogen-bond acceptors (Lipinski definition) is 4. The second kappa shape index (κ2) is 6.37. The highest BCUT2D eigenvalue weighted by atomic mass is 35.5. The third-order valence-electron chi connectivity index (χ3n) is 4.32. The number of sulfonamides is 1. The monoisotopic (exact) mass is 394 g/mol. The average molecular weight is 395 g/mol. The second-order valence-corrected chi connectivity index (χ2v) is 9.36. The first kappa shape index (κ1) is 19.3. The van der Waals surface area contributed by atoms with Gasteiger partial charge in [-0.05, 0) is 31.5 Å². The van der Waals surface area contributed by atoms with Crippen molar-refractivity contribution < 1.29 is 18.3 Å². The van der Waals surface area contributed by atoms with Crippen molar-refractivity contribution in [2.75, 3.05) is 18.4 Å². The number of nitrogens with zero attached hydrogens (tertiary/aromatic N) is 1. The van der Waals surface area contributed by atoms with Gasteiger partial charge in [-0.3, -0.25) is 4.79 Å². The van der Waals surface area contributed by atoms with Crippen LogP contribution in [0.5, 0.6) is 5.75 Å². The van der Waals surface area contributed by atoms with E-state index in [0.29, 0.717) is 13.1 Å². The molecule has 134 valence electrons. The van der Waals surface area contributed by atoms with Crippen LogP contribution in [-0.2, 0) is 14.8 Å². The van der Waals surface area contributed by atoms with Gasteiger partial charge < -0.3 is 10.4 Å². The van der Waals surface area contributed by atoms with E-state index in [9.17, 15) is 18.3 Å². The van der Waals surface area contributed by atoms with E-state index in [1.165, 1.54) is 22.5 Å². The number of carbonyl (C=O) groups excluding carboxylic acids is 1. The molecule has 0 bridgehead atoms. The van der Waals surface area contributed by atoms with Gasteiger partial charge in [0.05, 0.1) is 16.0 Å². The Kier molecular flexibility index (Phi) is 5.12. The Bertz CT molecular complexity index is 763. The number of aromatic hydroxyl groups is 1. The lowest BCUT2D eigenvalue weighted by Crippen LogP contribution is -2.31. The largest absolute Gasteiger partial charge is 0.506 e. The number of carbonyl (C=O) groups is 1. The number of rotatable bonds is 6. The minimum atomic E-state index is -3.70. The van der Waals surface area contributed by atoms with Crippen molar-refractivity contribution in [3.63, 3.8) is 0 Å². The highest BCUT2D eigenvalue weighted by Gasteiger charge is 2.67. The maximum atomic E-state index is 12.5. The quantitative estimate of drug-likeness (QED) is 0.573. The zero-order valence-corrected chi connectivity index (χ0v) is 16.0. The van der Waals surface area contributed by atoms with Crippen LogP contribution < -0.4 is 5.32 Å². The molecule has 2 rings (SSSR count). The van der Waals surface area contributed by atoms with Gasteiger partial charge in [0.1, 0.15) is 10.1 Å². The van der Waals surface area contributed by atoms with E-state index in [4.69, 9.17) is 23.2 Å². The highest BCUT2D eigenvalue weighted by molar-refractivity contribution is 7.89. The number of nitrogens with one attached hydrogen (secondary N) is 1. The topological polar surface area (TPSA) is 86.7 Å². The lowest BCUT2D eigenvalue weighted by Gasteiger charge is -2.19. The number of amides is 1. The smallest absolute Gasteiger partial charge is 0.243 e. The van der Waals surface area contributed by atoms with Crippen molar-refractivity contribution in [3.8, 4) is 5.75 Å². The van der Waals surface area contributed by atoms with Gasteiger partial charge >= 0.3 is 0 Å². The Labute approximate surface area is 151 Å². The molecule has 2 N–H and O–H groups in total. The summed E-state index contributed by atoms with van der Waals surface area (Å²) in [6, 6.07) is 3.76. The minimum Gasteiger partial charge on any atom is -0.506 e. The lowest BCUT2D eigenvalue weighted by molar-refractivity contribution is -0.120. The van der Waals surface area contributed by atoms with Crippen LogP contribution in [0.4, 0.5) is 5.69 Å². The van der Waals surface area contributed by atoms with Crippen LogP contribution in [0.1, 0.15) is 27.2 Å². The lowest BCUT2D eigenvalue weighted by atomic mass is 10.1. The number of anilines is 1. The number of phenolic OH excluding ortho intramolecular Hbond substituents is 1. The SMILES string of the molecule is CCN(CC)S(=O)(=O)c1ccc(O)c(NC(=O)C2(C)CC2(Cl)Cl)c1. The summed E-state index contributed by atoms with van der Waals surface area (Å²) < 4.78 is 25.2. The predicted molar refractivity (Wildman–Crippen MR) is 94.0 cm³/mol. The zero-order chi connectivity index (χ0) is 18.3. The molecule has 24 heavy (non-hydrogen) atoms. The second-order valence-electron chi connectivity index (χ2n) is 5.94. The van der Waals surface area contributed by atoms with Crippen LogP contribution in [0.15, 0.2) is 23.1 Å². The van der Waals surface area contributed by atoms with Gasteiger partial charge in [-0.2, -0.15) is 4.31 Å². The number of phenols is 1. The average Bonchev–Trinajstić information content (AvgIpc) is 3.02. The van der Waals surface area contributed by atoms with Gasteiger partial charge in [0.25, 0.3) is 0 Å². The molecule has 0 radical (unpaired) electrons. The van der Waals surface area contributed by atoms with Crippen LogP contribution >= 0.6 is 23.2 Å². The van der Waals surface area contributed by atoms with Crippen LogP contribution in [0, 0.1) is 5.41 Å². The summed E-state index contributed by atoms with van der Waals surface area (Å²) in [5.74, 6) is -0.707. The van der Waals surface area contributed by atoms with Crippen molar-refractivity contribution in [1.82, 2.24) is 4.31 Å². The maximum absolute atomic E-state index is 12.5. The molecule has 0 aromatic heterocycles. The molecule has 1 aliphatic carbocycles. The number of benzene rings is 1. The molecule has 1 amide bonds.